The van der Waals surface area contributed by atoms with Gasteiger partial charge in [0.1, 0.15) is 5.69 Å². The van der Waals surface area contributed by atoms with Gasteiger partial charge < -0.3 is 10.6 Å². The SMILES string of the molecule is CCn1nc(C)cc1C(=O)N(CC(N)=S)C1CCCC1. The minimum Gasteiger partial charge on any atom is -0.392 e. The number of carbonyl (C=O) groups excluding carboxylic acids is 1. The number of thiocarbonyl (C=S) groups is 1. The molecule has 1 aliphatic rings. The predicted molar refractivity (Wildman–Crippen MR) is 82.7 cm³/mol. The van der Waals surface area contributed by atoms with Crippen LogP contribution < -0.4 is 5.73 Å². The molecule has 0 saturated heterocycles. The van der Waals surface area contributed by atoms with Crippen molar-refractivity contribution in [2.24, 2.45) is 5.73 Å². The van der Waals surface area contributed by atoms with E-state index in [1.807, 2.05) is 24.8 Å². The monoisotopic (exact) mass is 294 g/mol. The first kappa shape index (κ1) is 15.0. The minimum absolute atomic E-state index is 0.00727. The summed E-state index contributed by atoms with van der Waals surface area (Å²) in [5, 5.41) is 4.34. The highest BCUT2D eigenvalue weighted by atomic mass is 32.1. The lowest BCUT2D eigenvalue weighted by molar-refractivity contribution is 0.0702. The van der Waals surface area contributed by atoms with E-state index in [1.165, 1.54) is 0 Å². The Labute approximate surface area is 125 Å². The average Bonchev–Trinajstić information content (AvgIpc) is 3.03. The Hall–Kier alpha value is -1.43. The summed E-state index contributed by atoms with van der Waals surface area (Å²) < 4.78 is 1.75. The average molecular weight is 294 g/mol. The molecule has 5 nitrogen and oxygen atoms in total. The molecule has 2 N–H and O–H groups in total. The van der Waals surface area contributed by atoms with E-state index in [4.69, 9.17) is 18.0 Å². The molecule has 1 amide bonds. The number of carbonyl (C=O) groups is 1. The lowest BCUT2D eigenvalue weighted by atomic mass is 10.2. The Morgan fingerprint density at radius 1 is 1.55 bits per heavy atom. The van der Waals surface area contributed by atoms with Crippen LogP contribution >= 0.6 is 12.2 Å². The lowest BCUT2D eigenvalue weighted by Crippen LogP contribution is -2.44. The van der Waals surface area contributed by atoms with Crippen LogP contribution in [0.15, 0.2) is 6.07 Å². The number of amides is 1. The smallest absolute Gasteiger partial charge is 0.272 e. The maximum atomic E-state index is 12.8. The molecule has 0 spiro atoms. The van der Waals surface area contributed by atoms with Crippen molar-refractivity contribution < 1.29 is 4.79 Å². The van der Waals surface area contributed by atoms with Crippen LogP contribution in [0.4, 0.5) is 0 Å². The fraction of sp³-hybridized carbons (Fsp3) is 0.643. The van der Waals surface area contributed by atoms with Crippen molar-refractivity contribution in [3.8, 4) is 0 Å². The van der Waals surface area contributed by atoms with E-state index in [0.29, 0.717) is 23.8 Å². The molecule has 0 bridgehead atoms. The molecule has 2 rings (SSSR count). The van der Waals surface area contributed by atoms with Crippen LogP contribution in [0.5, 0.6) is 0 Å². The number of nitrogens with two attached hydrogens (primary N) is 1. The van der Waals surface area contributed by atoms with Crippen molar-refractivity contribution >= 4 is 23.1 Å². The third-order valence-electron chi connectivity index (χ3n) is 3.77. The Kier molecular flexibility index (Phi) is 4.75. The summed E-state index contributed by atoms with van der Waals surface area (Å²) in [4.78, 5) is 15.0. The van der Waals surface area contributed by atoms with Gasteiger partial charge in [-0.2, -0.15) is 5.10 Å². The zero-order valence-corrected chi connectivity index (χ0v) is 12.9. The normalized spacial score (nSPS) is 15.5. The van der Waals surface area contributed by atoms with Crippen LogP contribution in [0.3, 0.4) is 0 Å². The first-order valence-corrected chi connectivity index (χ1v) is 7.57. The van der Waals surface area contributed by atoms with Gasteiger partial charge in [0.2, 0.25) is 0 Å². The molecule has 110 valence electrons. The zero-order chi connectivity index (χ0) is 14.7. The summed E-state index contributed by atoms with van der Waals surface area (Å²) in [6.07, 6.45) is 4.40. The highest BCUT2D eigenvalue weighted by Gasteiger charge is 2.29. The van der Waals surface area contributed by atoms with Crippen molar-refractivity contribution in [1.82, 2.24) is 14.7 Å². The molecule has 0 unspecified atom stereocenters. The highest BCUT2D eigenvalue weighted by molar-refractivity contribution is 7.80. The van der Waals surface area contributed by atoms with E-state index in [-0.39, 0.29) is 11.9 Å². The van der Waals surface area contributed by atoms with E-state index in [0.717, 1.165) is 31.4 Å². The molecular formula is C14H22N4OS. The molecule has 1 aromatic rings. The summed E-state index contributed by atoms with van der Waals surface area (Å²) in [5.41, 5.74) is 7.16. The molecule has 0 radical (unpaired) electrons. The molecule has 0 aromatic carbocycles. The summed E-state index contributed by atoms with van der Waals surface area (Å²) in [7, 11) is 0. The van der Waals surface area contributed by atoms with E-state index in [2.05, 4.69) is 5.10 Å². The van der Waals surface area contributed by atoms with Gasteiger partial charge >= 0.3 is 0 Å². The van der Waals surface area contributed by atoms with E-state index in [1.54, 1.807) is 4.68 Å². The summed E-state index contributed by atoms with van der Waals surface area (Å²) >= 11 is 5.00. The third kappa shape index (κ3) is 3.17. The van der Waals surface area contributed by atoms with E-state index < -0.39 is 0 Å². The molecule has 1 fully saturated rings. The number of hydrogen-bond acceptors (Lipinski definition) is 3. The number of hydrogen-bond donors (Lipinski definition) is 1. The summed E-state index contributed by atoms with van der Waals surface area (Å²) in [5.74, 6) is -0.00727. The first-order valence-electron chi connectivity index (χ1n) is 7.16. The summed E-state index contributed by atoms with van der Waals surface area (Å²) in [6.45, 7) is 4.92. The quantitative estimate of drug-likeness (QED) is 0.842. The number of rotatable bonds is 5. The van der Waals surface area contributed by atoms with Crippen molar-refractivity contribution in [3.05, 3.63) is 17.5 Å². The van der Waals surface area contributed by atoms with Crippen LogP contribution in [0.2, 0.25) is 0 Å². The van der Waals surface area contributed by atoms with E-state index in [9.17, 15) is 4.79 Å². The van der Waals surface area contributed by atoms with Gasteiger partial charge in [-0.15, -0.1) is 0 Å². The van der Waals surface area contributed by atoms with Crippen LogP contribution in [0.25, 0.3) is 0 Å². The molecular weight excluding hydrogens is 272 g/mol. The molecule has 1 aliphatic carbocycles. The fourth-order valence-corrected chi connectivity index (χ4v) is 3.00. The molecule has 1 saturated carbocycles. The van der Waals surface area contributed by atoms with Crippen LogP contribution in [0.1, 0.15) is 48.8 Å². The topological polar surface area (TPSA) is 64.2 Å². The van der Waals surface area contributed by atoms with E-state index >= 15 is 0 Å². The number of nitrogens with zero attached hydrogens (tertiary/aromatic N) is 3. The van der Waals surface area contributed by atoms with Gasteiger partial charge in [0.05, 0.1) is 17.2 Å². The minimum atomic E-state index is -0.00727. The Morgan fingerprint density at radius 2 is 2.20 bits per heavy atom. The Morgan fingerprint density at radius 3 is 2.75 bits per heavy atom. The second kappa shape index (κ2) is 6.35. The van der Waals surface area contributed by atoms with Crippen molar-refractivity contribution in [3.63, 3.8) is 0 Å². The summed E-state index contributed by atoms with van der Waals surface area (Å²) in [6, 6.07) is 2.09. The van der Waals surface area contributed by atoms with Gasteiger partial charge in [-0.1, -0.05) is 25.1 Å². The van der Waals surface area contributed by atoms with Crippen molar-refractivity contribution in [1.29, 1.82) is 0 Å². The molecule has 20 heavy (non-hydrogen) atoms. The highest BCUT2D eigenvalue weighted by Crippen LogP contribution is 2.25. The predicted octanol–water partition coefficient (Wildman–Crippen LogP) is 1.88. The second-order valence-electron chi connectivity index (χ2n) is 5.32. The van der Waals surface area contributed by atoms with Crippen molar-refractivity contribution in [2.45, 2.75) is 52.1 Å². The maximum Gasteiger partial charge on any atom is 0.272 e. The first-order chi connectivity index (χ1) is 9.52. The molecule has 1 heterocycles. The molecule has 0 aliphatic heterocycles. The van der Waals surface area contributed by atoms with Gasteiger partial charge in [0, 0.05) is 12.6 Å². The van der Waals surface area contributed by atoms with Gasteiger partial charge in [-0.3, -0.25) is 9.48 Å². The van der Waals surface area contributed by atoms with Crippen LogP contribution in [-0.4, -0.2) is 38.2 Å². The van der Waals surface area contributed by atoms with Gasteiger partial charge in [0.15, 0.2) is 0 Å². The largest absolute Gasteiger partial charge is 0.392 e. The fourth-order valence-electron chi connectivity index (χ4n) is 2.86. The maximum absolute atomic E-state index is 12.8. The zero-order valence-electron chi connectivity index (χ0n) is 12.1. The van der Waals surface area contributed by atoms with Gasteiger partial charge in [0.25, 0.3) is 5.91 Å². The van der Waals surface area contributed by atoms with Gasteiger partial charge in [-0.25, -0.2) is 0 Å². The standard InChI is InChI=1S/C14H22N4OS/c1-3-18-12(8-10(2)16-18)14(19)17(9-13(15)20)11-6-4-5-7-11/h8,11H,3-7,9H2,1-2H3,(H2,15,20). The molecule has 6 heteroatoms. The Balaban J connectivity index is 2.26. The number of aromatic nitrogens is 2. The van der Waals surface area contributed by atoms with Crippen molar-refractivity contribution in [2.75, 3.05) is 6.54 Å². The second-order valence-corrected chi connectivity index (χ2v) is 5.85. The lowest BCUT2D eigenvalue weighted by Gasteiger charge is -2.28. The van der Waals surface area contributed by atoms with Crippen LogP contribution in [-0.2, 0) is 6.54 Å². The van der Waals surface area contributed by atoms with Crippen LogP contribution in [0, 0.1) is 6.92 Å². The number of aryl methyl sites for hydroxylation is 2. The third-order valence-corrected chi connectivity index (χ3v) is 3.90. The molecule has 0 atom stereocenters. The van der Waals surface area contributed by atoms with Gasteiger partial charge in [-0.05, 0) is 32.8 Å². The molecule has 1 aromatic heterocycles. The Bertz CT molecular complexity index is 505.